The van der Waals surface area contributed by atoms with Gasteiger partial charge in [0.1, 0.15) is 12.4 Å². The van der Waals surface area contributed by atoms with E-state index in [1.807, 2.05) is 48.7 Å². The van der Waals surface area contributed by atoms with Gasteiger partial charge in [-0.2, -0.15) is 0 Å². The molecule has 3 nitrogen and oxygen atoms in total. The third-order valence-corrected chi connectivity index (χ3v) is 8.22. The van der Waals surface area contributed by atoms with Crippen LogP contribution < -0.4 is 10.1 Å². The molecule has 0 saturated carbocycles. The van der Waals surface area contributed by atoms with Gasteiger partial charge in [0.05, 0.1) is 16.8 Å². The van der Waals surface area contributed by atoms with E-state index in [1.165, 1.54) is 22.4 Å². The molecule has 6 rings (SSSR count). The number of hydrogen-bond donors (Lipinski definition) is 1. The summed E-state index contributed by atoms with van der Waals surface area (Å²) in [6, 6.07) is 29.4. The molecule has 1 heterocycles. The Kier molecular flexibility index (Phi) is 7.10. The Balaban J connectivity index is 1.12. The number of nitrogens with zero attached hydrogens (tertiary/aromatic N) is 1. The summed E-state index contributed by atoms with van der Waals surface area (Å²) in [4.78, 5) is 4.69. The maximum Gasteiger partial charge on any atom is 0.138 e. The van der Waals surface area contributed by atoms with Crippen molar-refractivity contribution in [2.45, 2.75) is 31.9 Å². The number of rotatable bonds is 6. The first-order chi connectivity index (χ1) is 18.5. The molecule has 190 valence electrons. The summed E-state index contributed by atoms with van der Waals surface area (Å²) in [5.74, 6) is 1.67. The van der Waals surface area contributed by atoms with Gasteiger partial charge in [-0.3, -0.25) is 4.99 Å². The van der Waals surface area contributed by atoms with Gasteiger partial charge in [-0.25, -0.2) is 0 Å². The first kappa shape index (κ1) is 25.0. The van der Waals surface area contributed by atoms with E-state index in [2.05, 4.69) is 87.8 Å². The Morgan fingerprint density at radius 2 is 1.82 bits per heavy atom. The molecule has 0 spiro atoms. The molecule has 0 unspecified atom stereocenters. The fraction of sp³-hybridized carbons (Fsp3) is 0.182. The van der Waals surface area contributed by atoms with Gasteiger partial charge in [0, 0.05) is 22.3 Å². The number of anilines is 1. The van der Waals surface area contributed by atoms with Gasteiger partial charge in [-0.1, -0.05) is 81.6 Å². The van der Waals surface area contributed by atoms with Crippen molar-refractivity contribution in [3.63, 3.8) is 0 Å². The summed E-state index contributed by atoms with van der Waals surface area (Å²) in [6.45, 7) is 2.63. The average Bonchev–Trinajstić information content (AvgIpc) is 3.43. The molecule has 0 bridgehead atoms. The SMILES string of the molecule is Cc1ccc2c(c1)[C@@H]1C=CC[C@@H]1[C@H](c1ccc(N=Cc3ccc(OCc4ccc(Br)cc4)c(Cl)c3)cc1)N2. The second-order valence-electron chi connectivity index (χ2n) is 10.0. The normalized spacial score (nSPS) is 19.7. The third kappa shape index (κ3) is 5.29. The van der Waals surface area contributed by atoms with Crippen molar-refractivity contribution < 1.29 is 4.74 Å². The highest BCUT2D eigenvalue weighted by atomic mass is 79.9. The minimum atomic E-state index is 0.284. The third-order valence-electron chi connectivity index (χ3n) is 7.40. The minimum Gasteiger partial charge on any atom is -0.487 e. The van der Waals surface area contributed by atoms with Crippen LogP contribution in [0.15, 0.2) is 107 Å². The Hall–Kier alpha value is -3.34. The van der Waals surface area contributed by atoms with Crippen molar-refractivity contribution in [3.8, 4) is 5.75 Å². The second kappa shape index (κ2) is 10.8. The fourth-order valence-corrected chi connectivity index (χ4v) is 5.92. The smallest absolute Gasteiger partial charge is 0.138 e. The highest BCUT2D eigenvalue weighted by Crippen LogP contribution is 2.50. The van der Waals surface area contributed by atoms with E-state index in [0.29, 0.717) is 29.2 Å². The molecule has 0 radical (unpaired) electrons. The molecule has 3 atom stereocenters. The topological polar surface area (TPSA) is 33.6 Å². The van der Waals surface area contributed by atoms with Crippen LogP contribution in [0.5, 0.6) is 5.75 Å². The summed E-state index contributed by atoms with van der Waals surface area (Å²) in [5, 5.41) is 4.39. The first-order valence-electron chi connectivity index (χ1n) is 12.9. The second-order valence-corrected chi connectivity index (χ2v) is 11.3. The lowest BCUT2D eigenvalue weighted by Gasteiger charge is -2.37. The molecule has 5 heteroatoms. The Morgan fingerprint density at radius 3 is 2.61 bits per heavy atom. The Labute approximate surface area is 237 Å². The molecule has 0 saturated heterocycles. The molecule has 1 aliphatic carbocycles. The zero-order valence-electron chi connectivity index (χ0n) is 21.1. The predicted octanol–water partition coefficient (Wildman–Crippen LogP) is 9.57. The van der Waals surface area contributed by atoms with E-state index >= 15 is 0 Å². The average molecular weight is 584 g/mol. The molecule has 0 fully saturated rings. The van der Waals surface area contributed by atoms with Gasteiger partial charge in [-0.15, -0.1) is 0 Å². The largest absolute Gasteiger partial charge is 0.487 e. The molecule has 0 aromatic heterocycles. The van der Waals surface area contributed by atoms with Crippen LogP contribution in [0.1, 0.15) is 46.2 Å². The lowest BCUT2D eigenvalue weighted by molar-refractivity contribution is 0.306. The highest BCUT2D eigenvalue weighted by Gasteiger charge is 2.37. The number of allylic oxidation sites excluding steroid dienone is 2. The van der Waals surface area contributed by atoms with Crippen LogP contribution in [0.3, 0.4) is 0 Å². The van der Waals surface area contributed by atoms with Gasteiger partial charge in [0.15, 0.2) is 0 Å². The standard InChI is InChI=1S/C33H28BrClN2O/c1-21-5-15-31-29(17-21)27-3-2-4-28(27)33(37-31)24-9-13-26(14-10-24)36-19-23-8-16-32(30(35)18-23)38-20-22-6-11-25(34)12-7-22/h2-3,5-19,27-28,33,37H,4,20H2,1H3/t27-,28+,33+/m1/s1. The summed E-state index contributed by atoms with van der Waals surface area (Å²) >= 11 is 9.94. The monoisotopic (exact) mass is 582 g/mol. The van der Waals surface area contributed by atoms with Crippen molar-refractivity contribution in [3.05, 3.63) is 134 Å². The van der Waals surface area contributed by atoms with Crippen molar-refractivity contribution >= 4 is 45.1 Å². The predicted molar refractivity (Wildman–Crippen MR) is 161 cm³/mol. The molecular weight excluding hydrogens is 556 g/mol. The van der Waals surface area contributed by atoms with E-state index < -0.39 is 0 Å². The van der Waals surface area contributed by atoms with Crippen LogP contribution in [0.4, 0.5) is 11.4 Å². The molecule has 0 amide bonds. The first-order valence-corrected chi connectivity index (χ1v) is 14.1. The quantitative estimate of drug-likeness (QED) is 0.181. The molecule has 1 N–H and O–H groups in total. The zero-order valence-corrected chi connectivity index (χ0v) is 23.4. The minimum absolute atomic E-state index is 0.284. The van der Waals surface area contributed by atoms with Crippen molar-refractivity contribution in [1.82, 2.24) is 0 Å². The van der Waals surface area contributed by atoms with Crippen LogP contribution in [0, 0.1) is 12.8 Å². The maximum absolute atomic E-state index is 6.49. The Bertz CT molecular complexity index is 1510. The van der Waals surface area contributed by atoms with Gasteiger partial charge >= 0.3 is 0 Å². The molecule has 38 heavy (non-hydrogen) atoms. The van der Waals surface area contributed by atoms with E-state index in [4.69, 9.17) is 16.3 Å². The van der Waals surface area contributed by atoms with Crippen LogP contribution in [-0.2, 0) is 6.61 Å². The van der Waals surface area contributed by atoms with E-state index in [1.54, 1.807) is 0 Å². The van der Waals surface area contributed by atoms with Gasteiger partial charge in [-0.05, 0) is 90.0 Å². The van der Waals surface area contributed by atoms with Crippen LogP contribution >= 0.6 is 27.5 Å². The maximum atomic E-state index is 6.49. The van der Waals surface area contributed by atoms with Gasteiger partial charge in [0.2, 0.25) is 0 Å². The number of aliphatic imine (C=N–C) groups is 1. The van der Waals surface area contributed by atoms with Crippen LogP contribution in [-0.4, -0.2) is 6.21 Å². The lowest BCUT2D eigenvalue weighted by atomic mass is 9.76. The van der Waals surface area contributed by atoms with E-state index in [-0.39, 0.29) is 6.04 Å². The zero-order chi connectivity index (χ0) is 26.1. The van der Waals surface area contributed by atoms with Gasteiger partial charge < -0.3 is 10.1 Å². The van der Waals surface area contributed by atoms with Crippen LogP contribution in [0.2, 0.25) is 5.02 Å². The molecule has 2 aliphatic rings. The summed E-state index contributed by atoms with van der Waals surface area (Å²) < 4.78 is 6.95. The number of benzene rings is 4. The van der Waals surface area contributed by atoms with Crippen molar-refractivity contribution in [2.75, 3.05) is 5.32 Å². The lowest BCUT2D eigenvalue weighted by Crippen LogP contribution is -2.29. The number of nitrogens with one attached hydrogen (secondary N) is 1. The highest BCUT2D eigenvalue weighted by molar-refractivity contribution is 9.10. The van der Waals surface area contributed by atoms with Gasteiger partial charge in [0.25, 0.3) is 0 Å². The Morgan fingerprint density at radius 1 is 1.00 bits per heavy atom. The molecular formula is C33H28BrClN2O. The molecule has 1 aliphatic heterocycles. The number of aryl methyl sites for hydroxylation is 1. The number of ether oxygens (including phenoxy) is 1. The number of halogens is 2. The number of hydrogen-bond acceptors (Lipinski definition) is 3. The van der Waals surface area contributed by atoms with E-state index in [0.717, 1.165) is 27.7 Å². The summed E-state index contributed by atoms with van der Waals surface area (Å²) in [7, 11) is 0. The van der Waals surface area contributed by atoms with Crippen LogP contribution in [0.25, 0.3) is 0 Å². The molecule has 4 aromatic carbocycles. The summed E-state index contributed by atoms with van der Waals surface area (Å²) in [5.41, 5.74) is 8.20. The van der Waals surface area contributed by atoms with Crippen molar-refractivity contribution in [1.29, 1.82) is 0 Å². The molecule has 4 aromatic rings. The van der Waals surface area contributed by atoms with E-state index in [9.17, 15) is 0 Å². The van der Waals surface area contributed by atoms with Crippen molar-refractivity contribution in [2.24, 2.45) is 10.9 Å². The fourth-order valence-electron chi connectivity index (χ4n) is 5.42. The number of fused-ring (bicyclic) bond motifs is 3. The summed E-state index contributed by atoms with van der Waals surface area (Å²) in [6.07, 6.45) is 7.66.